The van der Waals surface area contributed by atoms with Crippen LogP contribution >= 0.6 is 12.0 Å². The van der Waals surface area contributed by atoms with Crippen LogP contribution in [0.4, 0.5) is 17.1 Å². The zero-order valence-corrected chi connectivity index (χ0v) is 69.3. The third kappa shape index (κ3) is 26.2. The Morgan fingerprint density at radius 1 is 0.468 bits per heavy atom. The molecule has 109 heavy (non-hydrogen) atoms. The number of halogens is 1. The first-order valence-electron chi connectivity index (χ1n) is 35.6. The largest absolute Gasteiger partial charge is 1.00 e. The number of nitrogens with zero attached hydrogens (tertiary/aromatic N) is 6. The van der Waals surface area contributed by atoms with Crippen LogP contribution in [0.15, 0.2) is 306 Å². The minimum atomic E-state index is -4.57. The molecule has 21 heteroatoms. The molecular weight excluding hydrogens is 1460 g/mol. The second-order valence-electron chi connectivity index (χ2n) is 25.4. The van der Waals surface area contributed by atoms with Gasteiger partial charge in [-0.05, 0) is 224 Å². The van der Waals surface area contributed by atoms with Gasteiger partial charge < -0.3 is 51.1 Å². The van der Waals surface area contributed by atoms with E-state index in [1.54, 1.807) is 12.1 Å². The molecule has 0 N–H and O–H groups in total. The SMILES string of the molecule is CCN(CC)c1ccc(C(=C2C=CC(=[N+](CC)CC)C=C2)c2ccccc2)cc1.CCN(Cc1cccc(SOO[O-])c1)c1ccc(C(=C2C=CC(=[N+](CC)Cc3cccc(C)c3)C=C2)c2ccc(S(=O)(=O)[O-])cc2)cc1.CN(C)c1ccc(C(=C2C=CC(=[N+](C)C)C=C2)c2ccccc2)cc1.O=S([O-])O[O-].[Cl-].[Na+]. The fourth-order valence-corrected chi connectivity index (χ4v) is 13.6. The number of rotatable bonds is 24. The molecule has 1 atom stereocenters. The normalized spacial score (nSPS) is 12.8. The van der Waals surface area contributed by atoms with Gasteiger partial charge in [-0.2, -0.15) is 4.33 Å². The summed E-state index contributed by atoms with van der Waals surface area (Å²) in [6.45, 7) is 22.3. The molecule has 8 aromatic rings. The molecule has 3 aliphatic carbocycles. The summed E-state index contributed by atoms with van der Waals surface area (Å²) in [4.78, 5) is 7.23. The third-order valence-electron chi connectivity index (χ3n) is 18.2. The first kappa shape index (κ1) is 89.2. The molecule has 0 saturated carbocycles. The van der Waals surface area contributed by atoms with Gasteiger partial charge in [0.1, 0.15) is 43.8 Å². The van der Waals surface area contributed by atoms with Crippen molar-refractivity contribution < 1.29 is 102 Å². The molecule has 564 valence electrons. The van der Waals surface area contributed by atoms with Crippen LogP contribution in [0.1, 0.15) is 91.6 Å². The third-order valence-corrected chi connectivity index (χ3v) is 19.7. The van der Waals surface area contributed by atoms with Gasteiger partial charge >= 0.3 is 29.6 Å². The predicted molar refractivity (Wildman–Crippen MR) is 433 cm³/mol. The molecule has 11 rings (SSSR count). The summed E-state index contributed by atoms with van der Waals surface area (Å²) < 4.78 is 66.4. The molecule has 0 amide bonds. The van der Waals surface area contributed by atoms with Crippen LogP contribution in [0.2, 0.25) is 0 Å². The standard InChI is InChI=1S/C38H38N2O6S2.C27H33N2.C23H25N2.ClH.Na.H2O4S/c1-4-39(26-29-9-6-8-28(3)24-29)34-18-12-31(13-19-34)38(33-16-22-37(23-17-33)48(42,43)44)32-14-20-35(21-15-32)40(5-2)27-30-10-7-11-36(25-30)47-46-45-41;1-5-28(6-2)25-18-14-23(15-19-25)27(22-12-10-9-11-13-22)24-16-20-26(21-17-24)29(7-3)8-4;1-24(2)21-14-10-19(11-15-21)23(18-8-6-5-7-9-18)20-12-16-22(17-13-20)25(3)4;;;1-4-5(2)3/h6-25H,4-5,26-27H2,1-3H3,(H-,41,42,43,44);9-21H,5-8H2,1-4H3;5-17H,1-4H3;1H;;1H,(H,2,3)/q;2*+1;;+1;/p-4. The Morgan fingerprint density at radius 3 is 1.22 bits per heavy atom. The number of allylic oxidation sites excluding steroid dienone is 15. The molecule has 0 aromatic heterocycles. The van der Waals surface area contributed by atoms with Crippen LogP contribution in [0, 0.1) is 6.92 Å². The van der Waals surface area contributed by atoms with E-state index in [0.29, 0.717) is 6.54 Å². The number of benzene rings is 8. The summed E-state index contributed by atoms with van der Waals surface area (Å²) in [5, 5.41) is 22.2. The maximum Gasteiger partial charge on any atom is 1.00 e. The molecular formula is C88H95ClN6NaO10S3-. The van der Waals surface area contributed by atoms with Gasteiger partial charge in [0, 0.05) is 104 Å². The number of aryl methyl sites for hydroxylation is 1. The summed E-state index contributed by atoms with van der Waals surface area (Å²) in [6, 6.07) is 69.6. The number of hydrogen-bond acceptors (Lipinski definition) is 14. The predicted octanol–water partition coefficient (Wildman–Crippen LogP) is 9.19. The van der Waals surface area contributed by atoms with Crippen LogP contribution in [0.3, 0.4) is 0 Å². The molecule has 3 aliphatic rings. The van der Waals surface area contributed by atoms with Gasteiger partial charge in [-0.15, -0.1) is 0 Å². The van der Waals surface area contributed by atoms with Gasteiger partial charge in [-0.25, -0.2) is 26.4 Å². The smallest absolute Gasteiger partial charge is 1.00 e. The Morgan fingerprint density at radius 2 is 0.844 bits per heavy atom. The average Bonchev–Trinajstić information content (AvgIpc) is 0.806. The van der Waals surface area contributed by atoms with Crippen LogP contribution in [0.25, 0.3) is 16.7 Å². The summed E-state index contributed by atoms with van der Waals surface area (Å²) in [5.74, 6) is 0. The van der Waals surface area contributed by atoms with Gasteiger partial charge in [0.2, 0.25) is 0 Å². The van der Waals surface area contributed by atoms with E-state index in [1.807, 2.05) is 24.3 Å². The molecule has 8 aromatic carbocycles. The van der Waals surface area contributed by atoms with Crippen molar-refractivity contribution in [3.05, 3.63) is 346 Å². The molecule has 0 spiro atoms. The first-order chi connectivity index (χ1) is 51.7. The number of hydrogen-bond donors (Lipinski definition) is 0. The second-order valence-corrected chi connectivity index (χ2v) is 28.1. The Hall–Kier alpha value is -8.71. The van der Waals surface area contributed by atoms with Crippen molar-refractivity contribution in [1.29, 1.82) is 0 Å². The summed E-state index contributed by atoms with van der Waals surface area (Å²) in [7, 11) is 3.69. The molecule has 0 aliphatic heterocycles. The van der Waals surface area contributed by atoms with Crippen LogP contribution < -0.4 is 67.2 Å². The monoisotopic (exact) mass is 1550 g/mol. The van der Waals surface area contributed by atoms with E-state index in [2.05, 4.69) is 349 Å². The van der Waals surface area contributed by atoms with E-state index in [4.69, 9.17) is 14.0 Å². The van der Waals surface area contributed by atoms with Crippen molar-refractivity contribution >= 4 is 84.4 Å². The topological polar surface area (TPSA) is 190 Å². The summed E-state index contributed by atoms with van der Waals surface area (Å²) >= 11 is -2.02. The number of anilines is 3. The van der Waals surface area contributed by atoms with E-state index in [0.717, 1.165) is 102 Å². The minimum absolute atomic E-state index is 0. The fourth-order valence-electron chi connectivity index (χ4n) is 12.7. The fraction of sp³-hybridized carbons (Fsp3) is 0.216. The molecule has 0 heterocycles. The van der Waals surface area contributed by atoms with Crippen LogP contribution in [0.5, 0.6) is 0 Å². The Labute approximate surface area is 680 Å². The zero-order chi connectivity index (χ0) is 76.8. The Balaban J connectivity index is 0.000000261. The molecule has 1 unspecified atom stereocenters. The van der Waals surface area contributed by atoms with E-state index in [-0.39, 0.29) is 46.9 Å². The van der Waals surface area contributed by atoms with Crippen LogP contribution in [-0.2, 0) is 48.3 Å². The van der Waals surface area contributed by atoms with Crippen molar-refractivity contribution in [1.82, 2.24) is 0 Å². The maximum absolute atomic E-state index is 11.7. The molecule has 0 radical (unpaired) electrons. The Kier molecular flexibility index (Phi) is 37.2. The van der Waals surface area contributed by atoms with Crippen molar-refractivity contribution in [3.63, 3.8) is 0 Å². The van der Waals surface area contributed by atoms with Gasteiger partial charge in [0.15, 0.2) is 23.7 Å². The molecule has 0 saturated heterocycles. The quantitative estimate of drug-likeness (QED) is 0.0106. The maximum atomic E-state index is 11.7. The first-order valence-corrected chi connectivity index (χ1v) is 38.8. The van der Waals surface area contributed by atoms with Crippen molar-refractivity contribution in [2.45, 2.75) is 71.3 Å². The van der Waals surface area contributed by atoms with E-state index in [9.17, 15) is 18.2 Å². The van der Waals surface area contributed by atoms with Crippen molar-refractivity contribution in [2.75, 3.05) is 82.2 Å². The van der Waals surface area contributed by atoms with Gasteiger partial charge in [0.05, 0.1) is 28.3 Å². The minimum Gasteiger partial charge on any atom is -1.00 e. The average molecular weight is 1550 g/mol. The van der Waals surface area contributed by atoms with E-state index in [1.165, 1.54) is 90.6 Å². The van der Waals surface area contributed by atoms with E-state index < -0.39 is 21.5 Å². The summed E-state index contributed by atoms with van der Waals surface area (Å²) in [5.41, 5.74) is 24.2. The van der Waals surface area contributed by atoms with Crippen molar-refractivity contribution in [3.8, 4) is 0 Å². The summed E-state index contributed by atoms with van der Waals surface area (Å²) in [6.07, 6.45) is 26.2. The molecule has 0 fully saturated rings. The second kappa shape index (κ2) is 45.4. The van der Waals surface area contributed by atoms with Gasteiger partial charge in [-0.3, -0.25) is 5.04 Å². The van der Waals surface area contributed by atoms with Crippen molar-refractivity contribution in [2.24, 2.45) is 0 Å². The molecule has 0 bridgehead atoms. The van der Waals surface area contributed by atoms with E-state index >= 15 is 0 Å². The Bertz CT molecular complexity index is 4770. The van der Waals surface area contributed by atoms with Crippen LogP contribution in [-0.4, -0.2) is 120 Å². The van der Waals surface area contributed by atoms with Gasteiger partial charge in [0.25, 0.3) is 0 Å². The van der Waals surface area contributed by atoms with Gasteiger partial charge in [-0.1, -0.05) is 145 Å². The zero-order valence-electron chi connectivity index (χ0n) is 64.1. The molecule has 16 nitrogen and oxygen atoms in total.